The Morgan fingerprint density at radius 3 is 2.45 bits per heavy atom. The molecule has 1 aromatic heterocycles. The zero-order valence-electron chi connectivity index (χ0n) is 11.1. The van der Waals surface area contributed by atoms with E-state index in [0.29, 0.717) is 0 Å². The van der Waals surface area contributed by atoms with Crippen LogP contribution < -0.4 is 5.73 Å². The molecular formula is C14H11NO6S. The van der Waals surface area contributed by atoms with E-state index in [9.17, 15) is 13.2 Å². The van der Waals surface area contributed by atoms with E-state index in [0.717, 1.165) is 0 Å². The summed E-state index contributed by atoms with van der Waals surface area (Å²) in [5.74, 6) is -1.45. The maximum absolute atomic E-state index is 12.2. The highest BCUT2D eigenvalue weighted by Gasteiger charge is 2.41. The number of ether oxygens (including phenoxy) is 1. The average Bonchev–Trinajstić information content (AvgIpc) is 3.12. The Morgan fingerprint density at radius 1 is 1.09 bits per heavy atom. The van der Waals surface area contributed by atoms with Gasteiger partial charge in [-0.05, 0) is 24.3 Å². The lowest BCUT2D eigenvalue weighted by molar-refractivity contribution is -0.123. The normalized spacial score (nSPS) is 18.4. The molecule has 2 heterocycles. The number of benzene rings is 1. The summed E-state index contributed by atoms with van der Waals surface area (Å²) in [7, 11) is -4.17. The molecule has 1 aromatic carbocycles. The first-order chi connectivity index (χ1) is 10.5. The molecular weight excluding hydrogens is 310 g/mol. The van der Waals surface area contributed by atoms with Gasteiger partial charge < -0.3 is 19.1 Å². The molecule has 2 N–H and O–H groups in total. The second-order valence-electron chi connectivity index (χ2n) is 4.42. The zero-order chi connectivity index (χ0) is 15.7. The molecule has 0 spiro atoms. The maximum Gasteiger partial charge on any atom is 0.339 e. The Kier molecular flexibility index (Phi) is 3.38. The summed E-state index contributed by atoms with van der Waals surface area (Å²) in [4.78, 5) is 12.1. The third-order valence-electron chi connectivity index (χ3n) is 2.96. The van der Waals surface area contributed by atoms with Crippen molar-refractivity contribution in [2.75, 3.05) is 0 Å². The molecule has 8 heteroatoms. The highest BCUT2D eigenvalue weighted by atomic mass is 32.2. The molecule has 0 saturated heterocycles. The minimum Gasteiger partial charge on any atom is -0.465 e. The van der Waals surface area contributed by atoms with Crippen molar-refractivity contribution in [1.82, 2.24) is 0 Å². The van der Waals surface area contributed by atoms with E-state index in [1.807, 2.05) is 0 Å². The molecule has 0 amide bonds. The molecule has 3 rings (SSSR count). The fraction of sp³-hybridized carbons (Fsp3) is 0.0714. The van der Waals surface area contributed by atoms with Crippen LogP contribution in [-0.2, 0) is 23.8 Å². The Labute approximate surface area is 126 Å². The van der Waals surface area contributed by atoms with Crippen molar-refractivity contribution in [3.8, 4) is 0 Å². The van der Waals surface area contributed by atoms with Crippen LogP contribution in [0.2, 0.25) is 0 Å². The molecule has 7 nitrogen and oxygen atoms in total. The summed E-state index contributed by atoms with van der Waals surface area (Å²) in [6, 6.07) is 10.5. The SMILES string of the molecule is NC1=C(OS(=O)(=O)c2ccccc2)C(=O)C(c2ccco2)O1. The molecule has 0 bridgehead atoms. The standard InChI is InChI=1S/C14H11NO6S/c15-14-13(11(16)12(20-14)10-7-4-8-19-10)21-22(17,18)9-5-2-1-3-6-9/h1-8,12H,15H2. The highest BCUT2D eigenvalue weighted by Crippen LogP contribution is 2.33. The fourth-order valence-electron chi connectivity index (χ4n) is 1.93. The second-order valence-corrected chi connectivity index (χ2v) is 5.97. The summed E-state index contributed by atoms with van der Waals surface area (Å²) >= 11 is 0. The molecule has 114 valence electrons. The number of hydrogen-bond acceptors (Lipinski definition) is 7. The highest BCUT2D eigenvalue weighted by molar-refractivity contribution is 7.86. The lowest BCUT2D eigenvalue weighted by atomic mass is 10.2. The number of ketones is 1. The first-order valence-electron chi connectivity index (χ1n) is 6.22. The number of hydrogen-bond donors (Lipinski definition) is 1. The summed E-state index contributed by atoms with van der Waals surface area (Å²) < 4.78 is 39.3. The molecule has 22 heavy (non-hydrogen) atoms. The van der Waals surface area contributed by atoms with E-state index >= 15 is 0 Å². The van der Waals surface area contributed by atoms with Crippen LogP contribution in [0, 0.1) is 0 Å². The summed E-state index contributed by atoms with van der Waals surface area (Å²) in [6.07, 6.45) is 0.220. The molecule has 0 aliphatic carbocycles. The third kappa shape index (κ3) is 2.44. The molecule has 0 saturated carbocycles. The van der Waals surface area contributed by atoms with Crippen LogP contribution in [0.5, 0.6) is 0 Å². The molecule has 1 unspecified atom stereocenters. The van der Waals surface area contributed by atoms with Gasteiger partial charge in [0, 0.05) is 0 Å². The van der Waals surface area contributed by atoms with Crippen molar-refractivity contribution in [1.29, 1.82) is 0 Å². The van der Waals surface area contributed by atoms with Crippen molar-refractivity contribution in [2.45, 2.75) is 11.0 Å². The van der Waals surface area contributed by atoms with Gasteiger partial charge in [0.15, 0.2) is 5.76 Å². The summed E-state index contributed by atoms with van der Waals surface area (Å²) in [6.45, 7) is 0. The number of Topliss-reactive ketones (excluding diaryl/α,β-unsaturated/α-hetero) is 1. The van der Waals surface area contributed by atoms with Crippen LogP contribution in [0.4, 0.5) is 0 Å². The van der Waals surface area contributed by atoms with Gasteiger partial charge in [0.05, 0.1) is 6.26 Å². The van der Waals surface area contributed by atoms with Crippen LogP contribution in [-0.4, -0.2) is 14.2 Å². The Hall–Kier alpha value is -2.74. The van der Waals surface area contributed by atoms with Gasteiger partial charge in [-0.15, -0.1) is 0 Å². The van der Waals surface area contributed by atoms with E-state index in [4.69, 9.17) is 19.1 Å². The van der Waals surface area contributed by atoms with Gasteiger partial charge in [-0.2, -0.15) is 8.42 Å². The van der Waals surface area contributed by atoms with Gasteiger partial charge in [0.25, 0.3) is 5.78 Å². The first-order valence-corrected chi connectivity index (χ1v) is 7.63. The molecule has 0 fully saturated rings. The predicted octanol–water partition coefficient (Wildman–Crippen LogP) is 1.45. The van der Waals surface area contributed by atoms with Crippen LogP contribution in [0.25, 0.3) is 0 Å². The number of carbonyl (C=O) groups is 1. The molecule has 0 radical (unpaired) electrons. The van der Waals surface area contributed by atoms with Gasteiger partial charge in [-0.25, -0.2) is 0 Å². The minimum atomic E-state index is -4.17. The fourth-order valence-corrected chi connectivity index (χ4v) is 2.90. The largest absolute Gasteiger partial charge is 0.465 e. The topological polar surface area (TPSA) is 109 Å². The minimum absolute atomic E-state index is 0.0930. The lowest BCUT2D eigenvalue weighted by Gasteiger charge is -2.06. The average molecular weight is 321 g/mol. The van der Waals surface area contributed by atoms with Crippen LogP contribution in [0.15, 0.2) is 69.7 Å². The van der Waals surface area contributed by atoms with Gasteiger partial charge in [0.1, 0.15) is 4.90 Å². The number of furan rings is 1. The van der Waals surface area contributed by atoms with Gasteiger partial charge >= 0.3 is 10.1 Å². The Morgan fingerprint density at radius 2 is 1.82 bits per heavy atom. The maximum atomic E-state index is 12.2. The quantitative estimate of drug-likeness (QED) is 0.849. The Bertz CT molecular complexity index is 823. The van der Waals surface area contributed by atoms with Crippen molar-refractivity contribution in [2.24, 2.45) is 5.73 Å². The van der Waals surface area contributed by atoms with Crippen molar-refractivity contribution < 1.29 is 26.5 Å². The first kappa shape index (κ1) is 14.2. The van der Waals surface area contributed by atoms with E-state index in [1.165, 1.54) is 36.6 Å². The van der Waals surface area contributed by atoms with E-state index in [2.05, 4.69) is 0 Å². The van der Waals surface area contributed by atoms with Gasteiger partial charge in [-0.1, -0.05) is 18.2 Å². The van der Waals surface area contributed by atoms with E-state index < -0.39 is 33.6 Å². The molecule has 1 aliphatic heterocycles. The van der Waals surface area contributed by atoms with Crippen LogP contribution in [0.3, 0.4) is 0 Å². The Balaban J connectivity index is 1.87. The number of carbonyl (C=O) groups excluding carboxylic acids is 1. The smallest absolute Gasteiger partial charge is 0.339 e. The van der Waals surface area contributed by atoms with E-state index in [-0.39, 0.29) is 10.7 Å². The monoisotopic (exact) mass is 321 g/mol. The van der Waals surface area contributed by atoms with Crippen LogP contribution >= 0.6 is 0 Å². The zero-order valence-corrected chi connectivity index (χ0v) is 11.9. The van der Waals surface area contributed by atoms with Gasteiger partial charge in [-0.3, -0.25) is 4.79 Å². The van der Waals surface area contributed by atoms with Crippen molar-refractivity contribution in [3.63, 3.8) is 0 Å². The van der Waals surface area contributed by atoms with Crippen molar-refractivity contribution >= 4 is 15.9 Å². The number of rotatable bonds is 4. The second kappa shape index (κ2) is 5.23. The summed E-state index contributed by atoms with van der Waals surface area (Å²) in [5.41, 5.74) is 5.56. The predicted molar refractivity (Wildman–Crippen MR) is 73.5 cm³/mol. The van der Waals surface area contributed by atoms with E-state index in [1.54, 1.807) is 12.1 Å². The van der Waals surface area contributed by atoms with Crippen LogP contribution in [0.1, 0.15) is 11.9 Å². The number of nitrogens with two attached hydrogens (primary N) is 1. The van der Waals surface area contributed by atoms with Gasteiger partial charge in [0.2, 0.25) is 17.7 Å². The van der Waals surface area contributed by atoms with Crippen molar-refractivity contribution in [3.05, 3.63) is 66.1 Å². The molecule has 1 aliphatic rings. The molecule has 2 aromatic rings. The third-order valence-corrected chi connectivity index (χ3v) is 4.19. The molecule has 1 atom stereocenters. The lowest BCUT2D eigenvalue weighted by Crippen LogP contribution is -2.15. The summed E-state index contributed by atoms with van der Waals surface area (Å²) in [5, 5.41) is 0.